The van der Waals surface area contributed by atoms with Crippen LogP contribution in [-0.4, -0.2) is 47.0 Å². The lowest BCUT2D eigenvalue weighted by atomic mass is 10.1. The first-order chi connectivity index (χ1) is 9.27. The molecule has 0 heterocycles. The predicted octanol–water partition coefficient (Wildman–Crippen LogP) is 0.783. The molecule has 3 amide bonds. The standard InChI is InChI=1S/C13H25N3O4/c1-4-5-6-10(12(18)19)15-13(20)16(7-9(2)3)8-11(14)17/h9-10H,4-8H2,1-3H3,(H2,14,17)(H,15,20)(H,18,19). The molecule has 0 saturated heterocycles. The van der Waals surface area contributed by atoms with Crippen molar-refractivity contribution in [3.63, 3.8) is 0 Å². The second-order valence-corrected chi connectivity index (χ2v) is 5.22. The third kappa shape index (κ3) is 7.60. The molecule has 0 aliphatic rings. The lowest BCUT2D eigenvalue weighted by Gasteiger charge is -2.25. The van der Waals surface area contributed by atoms with Crippen LogP contribution in [0.4, 0.5) is 4.79 Å². The van der Waals surface area contributed by atoms with Crippen molar-refractivity contribution >= 4 is 17.9 Å². The molecule has 0 aromatic heterocycles. The number of carboxylic acid groups (broad SMARTS) is 1. The summed E-state index contributed by atoms with van der Waals surface area (Å²) in [6.45, 7) is 5.86. The average molecular weight is 287 g/mol. The molecule has 0 spiro atoms. The van der Waals surface area contributed by atoms with Crippen molar-refractivity contribution in [2.45, 2.75) is 46.1 Å². The number of hydrogen-bond donors (Lipinski definition) is 3. The molecule has 1 unspecified atom stereocenters. The molecule has 0 fully saturated rings. The largest absolute Gasteiger partial charge is 0.480 e. The molecular formula is C13H25N3O4. The summed E-state index contributed by atoms with van der Waals surface area (Å²) in [5.41, 5.74) is 5.10. The van der Waals surface area contributed by atoms with E-state index in [4.69, 9.17) is 10.8 Å². The van der Waals surface area contributed by atoms with Crippen molar-refractivity contribution < 1.29 is 19.5 Å². The van der Waals surface area contributed by atoms with Crippen LogP contribution in [-0.2, 0) is 9.59 Å². The zero-order valence-electron chi connectivity index (χ0n) is 12.4. The van der Waals surface area contributed by atoms with Crippen LogP contribution in [0.25, 0.3) is 0 Å². The highest BCUT2D eigenvalue weighted by Gasteiger charge is 2.23. The zero-order chi connectivity index (χ0) is 15.7. The van der Waals surface area contributed by atoms with Crippen LogP contribution < -0.4 is 11.1 Å². The van der Waals surface area contributed by atoms with Gasteiger partial charge in [0, 0.05) is 6.54 Å². The number of urea groups is 1. The van der Waals surface area contributed by atoms with Crippen molar-refractivity contribution in [1.29, 1.82) is 0 Å². The summed E-state index contributed by atoms with van der Waals surface area (Å²) in [7, 11) is 0. The Kier molecular flexibility index (Phi) is 8.35. The van der Waals surface area contributed by atoms with Crippen LogP contribution in [0.5, 0.6) is 0 Å². The van der Waals surface area contributed by atoms with Crippen molar-refractivity contribution in [1.82, 2.24) is 10.2 Å². The summed E-state index contributed by atoms with van der Waals surface area (Å²) in [5.74, 6) is -1.55. The first kappa shape index (κ1) is 18.2. The number of carbonyl (C=O) groups excluding carboxylic acids is 2. The van der Waals surface area contributed by atoms with Crippen LogP contribution in [0.15, 0.2) is 0 Å². The number of hydrogen-bond acceptors (Lipinski definition) is 3. The maximum Gasteiger partial charge on any atom is 0.326 e. The van der Waals surface area contributed by atoms with Gasteiger partial charge in [0.05, 0.1) is 0 Å². The van der Waals surface area contributed by atoms with Gasteiger partial charge in [-0.15, -0.1) is 0 Å². The molecule has 1 atom stereocenters. The van der Waals surface area contributed by atoms with Crippen LogP contribution in [0.1, 0.15) is 40.0 Å². The summed E-state index contributed by atoms with van der Waals surface area (Å²) >= 11 is 0. The Balaban J connectivity index is 4.68. The third-order valence-electron chi connectivity index (χ3n) is 2.66. The third-order valence-corrected chi connectivity index (χ3v) is 2.66. The number of nitrogens with two attached hydrogens (primary N) is 1. The molecule has 0 rings (SSSR count). The van der Waals surface area contributed by atoms with E-state index in [-0.39, 0.29) is 12.5 Å². The smallest absolute Gasteiger partial charge is 0.326 e. The lowest BCUT2D eigenvalue weighted by Crippen LogP contribution is -2.51. The second-order valence-electron chi connectivity index (χ2n) is 5.22. The van der Waals surface area contributed by atoms with E-state index >= 15 is 0 Å². The van der Waals surface area contributed by atoms with Gasteiger partial charge >= 0.3 is 12.0 Å². The van der Waals surface area contributed by atoms with Gasteiger partial charge in [0.15, 0.2) is 0 Å². The van der Waals surface area contributed by atoms with E-state index in [0.29, 0.717) is 19.4 Å². The molecule has 0 aliphatic heterocycles. The van der Waals surface area contributed by atoms with E-state index in [0.717, 1.165) is 6.42 Å². The number of amides is 3. The molecule has 7 nitrogen and oxygen atoms in total. The number of unbranched alkanes of at least 4 members (excludes halogenated alkanes) is 1. The maximum atomic E-state index is 12.0. The van der Waals surface area contributed by atoms with Crippen molar-refractivity contribution in [3.05, 3.63) is 0 Å². The second kappa shape index (κ2) is 9.17. The topological polar surface area (TPSA) is 113 Å². The minimum atomic E-state index is -1.07. The monoisotopic (exact) mass is 287 g/mol. The molecule has 0 aromatic rings. The van der Waals surface area contributed by atoms with Crippen molar-refractivity contribution in [2.24, 2.45) is 11.7 Å². The van der Waals surface area contributed by atoms with Gasteiger partial charge < -0.3 is 21.1 Å². The Morgan fingerprint density at radius 3 is 2.30 bits per heavy atom. The molecule has 20 heavy (non-hydrogen) atoms. The summed E-state index contributed by atoms with van der Waals surface area (Å²) in [4.78, 5) is 35.3. The molecule has 7 heteroatoms. The molecule has 0 radical (unpaired) electrons. The summed E-state index contributed by atoms with van der Waals surface area (Å²) < 4.78 is 0. The summed E-state index contributed by atoms with van der Waals surface area (Å²) in [5, 5.41) is 11.5. The Hall–Kier alpha value is -1.79. The van der Waals surface area contributed by atoms with E-state index < -0.39 is 23.9 Å². The lowest BCUT2D eigenvalue weighted by molar-refractivity contribution is -0.139. The van der Waals surface area contributed by atoms with Crippen LogP contribution in [0.2, 0.25) is 0 Å². The molecule has 0 aliphatic carbocycles. The highest BCUT2D eigenvalue weighted by Crippen LogP contribution is 2.04. The number of aliphatic carboxylic acids is 1. The van der Waals surface area contributed by atoms with Gasteiger partial charge in [0.2, 0.25) is 5.91 Å². The molecule has 0 aromatic carbocycles. The number of nitrogens with zero attached hydrogens (tertiary/aromatic N) is 1. The minimum absolute atomic E-state index is 0.152. The fraction of sp³-hybridized carbons (Fsp3) is 0.769. The van der Waals surface area contributed by atoms with Gasteiger partial charge in [-0.3, -0.25) is 4.79 Å². The fourth-order valence-corrected chi connectivity index (χ4v) is 1.75. The highest BCUT2D eigenvalue weighted by atomic mass is 16.4. The SMILES string of the molecule is CCCCC(NC(=O)N(CC(N)=O)CC(C)C)C(=O)O. The number of carboxylic acids is 1. The Morgan fingerprint density at radius 1 is 1.30 bits per heavy atom. The molecule has 4 N–H and O–H groups in total. The Bertz CT molecular complexity index is 345. The van der Waals surface area contributed by atoms with Gasteiger partial charge in [-0.05, 0) is 12.3 Å². The van der Waals surface area contributed by atoms with Gasteiger partial charge in [-0.1, -0.05) is 33.6 Å². The average Bonchev–Trinajstić information content (AvgIpc) is 2.31. The normalized spacial score (nSPS) is 12.0. The van der Waals surface area contributed by atoms with Gasteiger partial charge in [-0.2, -0.15) is 0 Å². The molecule has 116 valence electrons. The highest BCUT2D eigenvalue weighted by molar-refractivity contribution is 5.86. The summed E-state index contributed by atoms with van der Waals surface area (Å²) in [6, 6.07) is -1.51. The maximum absolute atomic E-state index is 12.0. The quantitative estimate of drug-likeness (QED) is 0.581. The van der Waals surface area contributed by atoms with Crippen molar-refractivity contribution in [2.75, 3.05) is 13.1 Å². The fourth-order valence-electron chi connectivity index (χ4n) is 1.75. The minimum Gasteiger partial charge on any atom is -0.480 e. The number of carbonyl (C=O) groups is 3. The van der Waals surface area contributed by atoms with E-state index in [1.807, 2.05) is 20.8 Å². The van der Waals surface area contributed by atoms with Crippen LogP contribution >= 0.6 is 0 Å². The van der Waals surface area contributed by atoms with Crippen LogP contribution in [0, 0.1) is 5.92 Å². The molecular weight excluding hydrogens is 262 g/mol. The van der Waals surface area contributed by atoms with E-state index in [1.54, 1.807) is 0 Å². The van der Waals surface area contributed by atoms with Crippen LogP contribution in [0.3, 0.4) is 0 Å². The first-order valence-electron chi connectivity index (χ1n) is 6.84. The number of rotatable bonds is 9. The Labute approximate surface area is 119 Å². The van der Waals surface area contributed by atoms with Gasteiger partial charge in [0.25, 0.3) is 0 Å². The summed E-state index contributed by atoms with van der Waals surface area (Å²) in [6.07, 6.45) is 1.91. The predicted molar refractivity (Wildman–Crippen MR) is 75.1 cm³/mol. The number of nitrogens with one attached hydrogen (secondary N) is 1. The molecule has 0 saturated carbocycles. The first-order valence-corrected chi connectivity index (χ1v) is 6.84. The Morgan fingerprint density at radius 2 is 1.90 bits per heavy atom. The zero-order valence-corrected chi connectivity index (χ0v) is 12.4. The van der Waals surface area contributed by atoms with Gasteiger partial charge in [-0.25, -0.2) is 9.59 Å². The van der Waals surface area contributed by atoms with E-state index in [9.17, 15) is 14.4 Å². The van der Waals surface area contributed by atoms with Crippen molar-refractivity contribution in [3.8, 4) is 0 Å². The van der Waals surface area contributed by atoms with E-state index in [1.165, 1.54) is 4.90 Å². The van der Waals surface area contributed by atoms with Gasteiger partial charge in [0.1, 0.15) is 12.6 Å². The number of primary amides is 1. The van der Waals surface area contributed by atoms with E-state index in [2.05, 4.69) is 5.32 Å². The molecule has 0 bridgehead atoms.